The molecule has 2 amide bonds. The Kier molecular flexibility index (Phi) is 2.34. The van der Waals surface area contributed by atoms with Crippen LogP contribution < -0.4 is 0 Å². The zero-order valence-corrected chi connectivity index (χ0v) is 8.77. The van der Waals surface area contributed by atoms with Crippen molar-refractivity contribution in [3.63, 3.8) is 0 Å². The van der Waals surface area contributed by atoms with E-state index in [1.54, 1.807) is 26.0 Å². The number of carbonyl (C=O) groups excluding carboxylic acids is 2. The average Bonchev–Trinajstić information content (AvgIpc) is 2.79. The summed E-state index contributed by atoms with van der Waals surface area (Å²) in [7, 11) is 0. The Morgan fingerprint density at radius 1 is 1.27 bits per heavy atom. The van der Waals surface area contributed by atoms with Gasteiger partial charge in [0.15, 0.2) is 0 Å². The Hall–Kier alpha value is -1.58. The van der Waals surface area contributed by atoms with Gasteiger partial charge < -0.3 is 4.42 Å². The maximum Gasteiger partial charge on any atom is 0.233 e. The molecule has 1 saturated heterocycles. The van der Waals surface area contributed by atoms with E-state index >= 15 is 0 Å². The van der Waals surface area contributed by atoms with Crippen molar-refractivity contribution in [3.05, 3.63) is 24.2 Å². The Morgan fingerprint density at radius 2 is 1.87 bits per heavy atom. The van der Waals surface area contributed by atoms with Crippen LogP contribution >= 0.6 is 0 Å². The van der Waals surface area contributed by atoms with Gasteiger partial charge in [0.25, 0.3) is 0 Å². The summed E-state index contributed by atoms with van der Waals surface area (Å²) in [6, 6.07) is 3.50. The summed E-state index contributed by atoms with van der Waals surface area (Å²) in [6.07, 6.45) is 1.53. The summed E-state index contributed by atoms with van der Waals surface area (Å²) in [5, 5.41) is 0. The molecule has 0 spiro atoms. The largest absolute Gasteiger partial charge is 0.467 e. The number of furan rings is 1. The van der Waals surface area contributed by atoms with Crippen LogP contribution in [-0.4, -0.2) is 16.7 Å². The van der Waals surface area contributed by atoms with E-state index in [1.807, 2.05) is 0 Å². The highest BCUT2D eigenvalue weighted by molar-refractivity contribution is 6.04. The average molecular weight is 207 g/mol. The normalized spacial score (nSPS) is 26.4. The molecule has 1 aliphatic rings. The topological polar surface area (TPSA) is 50.5 Å². The molecule has 0 bridgehead atoms. The second kappa shape index (κ2) is 3.53. The Morgan fingerprint density at radius 3 is 2.33 bits per heavy atom. The zero-order valence-electron chi connectivity index (χ0n) is 8.77. The Balaban J connectivity index is 2.16. The van der Waals surface area contributed by atoms with Crippen molar-refractivity contribution >= 4 is 11.8 Å². The van der Waals surface area contributed by atoms with Gasteiger partial charge in [-0.1, -0.05) is 13.8 Å². The summed E-state index contributed by atoms with van der Waals surface area (Å²) in [5.41, 5.74) is 0. The number of nitrogens with zero attached hydrogens (tertiary/aromatic N) is 1. The first-order chi connectivity index (χ1) is 7.11. The van der Waals surface area contributed by atoms with Crippen molar-refractivity contribution < 1.29 is 14.0 Å². The molecule has 4 heteroatoms. The highest BCUT2D eigenvalue weighted by Crippen LogP contribution is 2.26. The fraction of sp³-hybridized carbons (Fsp3) is 0.455. The number of hydrogen-bond acceptors (Lipinski definition) is 3. The monoisotopic (exact) mass is 207 g/mol. The number of amides is 2. The van der Waals surface area contributed by atoms with Crippen LogP contribution in [0.2, 0.25) is 0 Å². The molecule has 0 N–H and O–H groups in total. The van der Waals surface area contributed by atoms with Gasteiger partial charge in [-0.25, -0.2) is 0 Å². The van der Waals surface area contributed by atoms with E-state index in [1.165, 1.54) is 11.2 Å². The Bertz CT molecular complexity index is 363. The number of hydrogen-bond donors (Lipinski definition) is 0. The molecule has 2 heterocycles. The molecule has 1 fully saturated rings. The van der Waals surface area contributed by atoms with E-state index in [-0.39, 0.29) is 30.2 Å². The van der Waals surface area contributed by atoms with Crippen LogP contribution in [0.3, 0.4) is 0 Å². The summed E-state index contributed by atoms with van der Waals surface area (Å²) < 4.78 is 5.12. The smallest absolute Gasteiger partial charge is 0.233 e. The highest BCUT2D eigenvalue weighted by Gasteiger charge is 2.42. The van der Waals surface area contributed by atoms with Gasteiger partial charge in [-0.05, 0) is 12.1 Å². The zero-order chi connectivity index (χ0) is 11.0. The highest BCUT2D eigenvalue weighted by atomic mass is 16.3. The van der Waals surface area contributed by atoms with Crippen molar-refractivity contribution in [2.75, 3.05) is 0 Å². The van der Waals surface area contributed by atoms with E-state index in [2.05, 4.69) is 0 Å². The van der Waals surface area contributed by atoms with Gasteiger partial charge in [-0.15, -0.1) is 0 Å². The lowest BCUT2D eigenvalue weighted by molar-refractivity contribution is -0.140. The second-order valence-electron chi connectivity index (χ2n) is 3.92. The van der Waals surface area contributed by atoms with Crippen LogP contribution in [0.25, 0.3) is 0 Å². The van der Waals surface area contributed by atoms with Crippen LogP contribution in [0.5, 0.6) is 0 Å². The van der Waals surface area contributed by atoms with Crippen LogP contribution in [0.15, 0.2) is 22.8 Å². The lowest BCUT2D eigenvalue weighted by Crippen LogP contribution is -2.30. The van der Waals surface area contributed by atoms with Gasteiger partial charge in [0.05, 0.1) is 12.8 Å². The van der Waals surface area contributed by atoms with Crippen molar-refractivity contribution in [3.8, 4) is 0 Å². The molecule has 1 aliphatic heterocycles. The third kappa shape index (κ3) is 1.56. The molecule has 0 aliphatic carbocycles. The van der Waals surface area contributed by atoms with Crippen LogP contribution in [0, 0.1) is 11.8 Å². The Labute approximate surface area is 87.9 Å². The molecule has 15 heavy (non-hydrogen) atoms. The minimum Gasteiger partial charge on any atom is -0.467 e. The molecule has 4 nitrogen and oxygen atoms in total. The van der Waals surface area contributed by atoms with E-state index in [0.717, 1.165) is 0 Å². The number of carbonyl (C=O) groups is 2. The predicted molar refractivity (Wildman–Crippen MR) is 52.6 cm³/mol. The molecule has 0 aromatic carbocycles. The van der Waals surface area contributed by atoms with E-state index in [9.17, 15) is 9.59 Å². The van der Waals surface area contributed by atoms with Crippen LogP contribution in [-0.2, 0) is 16.1 Å². The van der Waals surface area contributed by atoms with Gasteiger partial charge in [0, 0.05) is 11.8 Å². The van der Waals surface area contributed by atoms with Gasteiger partial charge >= 0.3 is 0 Å². The fourth-order valence-corrected chi connectivity index (χ4v) is 1.74. The quantitative estimate of drug-likeness (QED) is 0.689. The molecule has 0 radical (unpaired) electrons. The minimum atomic E-state index is -0.215. The molecule has 2 unspecified atom stereocenters. The molecule has 0 saturated carbocycles. The lowest BCUT2D eigenvalue weighted by Gasteiger charge is -2.12. The maximum atomic E-state index is 11.7. The molecule has 80 valence electrons. The molecule has 2 atom stereocenters. The third-order valence-corrected chi connectivity index (χ3v) is 2.96. The summed E-state index contributed by atoms with van der Waals surface area (Å²) in [4.78, 5) is 24.7. The van der Waals surface area contributed by atoms with Crippen LogP contribution in [0.1, 0.15) is 19.6 Å². The summed E-state index contributed by atoms with van der Waals surface area (Å²) in [6.45, 7) is 3.82. The molecular formula is C11H13NO3. The lowest BCUT2D eigenvalue weighted by atomic mass is 10.00. The number of imide groups is 1. The van der Waals surface area contributed by atoms with E-state index < -0.39 is 0 Å². The fourth-order valence-electron chi connectivity index (χ4n) is 1.74. The first-order valence-corrected chi connectivity index (χ1v) is 4.99. The van der Waals surface area contributed by atoms with E-state index in [4.69, 9.17) is 4.42 Å². The maximum absolute atomic E-state index is 11.7. The SMILES string of the molecule is CC1C(=O)N(Cc2ccco2)C(=O)C1C. The first kappa shape index (κ1) is 9.96. The van der Waals surface area contributed by atoms with Crippen molar-refractivity contribution in [2.45, 2.75) is 20.4 Å². The van der Waals surface area contributed by atoms with Crippen molar-refractivity contribution in [1.82, 2.24) is 4.90 Å². The number of rotatable bonds is 2. The van der Waals surface area contributed by atoms with Crippen LogP contribution in [0.4, 0.5) is 0 Å². The molecule has 2 rings (SSSR count). The predicted octanol–water partition coefficient (Wildman–Crippen LogP) is 1.42. The van der Waals surface area contributed by atoms with Crippen molar-refractivity contribution in [2.24, 2.45) is 11.8 Å². The second-order valence-corrected chi connectivity index (χ2v) is 3.92. The first-order valence-electron chi connectivity index (χ1n) is 4.99. The van der Waals surface area contributed by atoms with Gasteiger partial charge in [-0.2, -0.15) is 0 Å². The molecule has 1 aromatic heterocycles. The van der Waals surface area contributed by atoms with E-state index in [0.29, 0.717) is 5.76 Å². The standard InChI is InChI=1S/C11H13NO3/c1-7-8(2)11(14)12(10(7)13)6-9-4-3-5-15-9/h3-5,7-8H,6H2,1-2H3. The summed E-state index contributed by atoms with van der Waals surface area (Å²) >= 11 is 0. The van der Waals surface area contributed by atoms with Gasteiger partial charge in [-0.3, -0.25) is 14.5 Å². The molecule has 1 aromatic rings. The third-order valence-electron chi connectivity index (χ3n) is 2.96. The van der Waals surface area contributed by atoms with Gasteiger partial charge in [0.1, 0.15) is 5.76 Å². The number of likely N-dealkylation sites (tertiary alicyclic amines) is 1. The summed E-state index contributed by atoms with van der Waals surface area (Å²) in [5.74, 6) is -0.00859. The minimum absolute atomic E-state index is 0.107. The van der Waals surface area contributed by atoms with Gasteiger partial charge in [0.2, 0.25) is 11.8 Å². The molecular weight excluding hydrogens is 194 g/mol. The van der Waals surface area contributed by atoms with Crippen molar-refractivity contribution in [1.29, 1.82) is 0 Å².